The van der Waals surface area contributed by atoms with E-state index < -0.39 is 5.60 Å². The van der Waals surface area contributed by atoms with Gasteiger partial charge in [0.15, 0.2) is 0 Å². The second kappa shape index (κ2) is 4.57. The molecule has 1 fully saturated rings. The topological polar surface area (TPSA) is 46.2 Å². The van der Waals surface area contributed by atoms with Gasteiger partial charge in [0.1, 0.15) is 0 Å². The van der Waals surface area contributed by atoms with Crippen molar-refractivity contribution in [1.29, 1.82) is 0 Å². The van der Waals surface area contributed by atoms with E-state index in [0.717, 1.165) is 25.7 Å². The van der Waals surface area contributed by atoms with Crippen molar-refractivity contribution in [2.45, 2.75) is 58.0 Å². The van der Waals surface area contributed by atoms with Gasteiger partial charge in [-0.2, -0.15) is 0 Å². The lowest BCUT2D eigenvalue weighted by atomic mass is 9.57. The van der Waals surface area contributed by atoms with Gasteiger partial charge < -0.3 is 10.8 Å². The number of nitrogens with two attached hydrogens (primary N) is 1. The minimum absolute atomic E-state index is 0.0957. The summed E-state index contributed by atoms with van der Waals surface area (Å²) in [4.78, 5) is 0. The molecule has 0 aromatic heterocycles. The highest BCUT2D eigenvalue weighted by Crippen LogP contribution is 2.53. The van der Waals surface area contributed by atoms with E-state index >= 15 is 0 Å². The predicted octanol–water partition coefficient (Wildman–Crippen LogP) is 3.06. The molecule has 1 saturated carbocycles. The lowest BCUT2D eigenvalue weighted by Gasteiger charge is -2.51. The Balaban J connectivity index is 1.88. The highest BCUT2D eigenvalue weighted by molar-refractivity contribution is 5.37. The molecule has 2 nitrogen and oxygen atoms in total. The van der Waals surface area contributed by atoms with Crippen LogP contribution in [-0.4, -0.2) is 17.3 Å². The Morgan fingerprint density at radius 3 is 1.95 bits per heavy atom. The monoisotopic (exact) mass is 273 g/mol. The van der Waals surface area contributed by atoms with Crippen LogP contribution in [0.4, 0.5) is 0 Å². The molecule has 0 spiro atoms. The molecule has 0 atom stereocenters. The van der Waals surface area contributed by atoms with Crippen LogP contribution in [0.3, 0.4) is 0 Å². The molecule has 1 aromatic carbocycles. The molecule has 0 bridgehead atoms. The third-order valence-electron chi connectivity index (χ3n) is 6.02. The van der Waals surface area contributed by atoms with Crippen LogP contribution < -0.4 is 5.73 Å². The summed E-state index contributed by atoms with van der Waals surface area (Å²) < 4.78 is 0. The van der Waals surface area contributed by atoms with Crippen LogP contribution in [0.25, 0.3) is 0 Å². The number of fused-ring (bicyclic) bond motifs is 1. The van der Waals surface area contributed by atoms with Crippen LogP contribution in [0.2, 0.25) is 0 Å². The summed E-state index contributed by atoms with van der Waals surface area (Å²) in [6, 6.07) is 8.46. The van der Waals surface area contributed by atoms with Gasteiger partial charge in [-0.15, -0.1) is 0 Å². The zero-order valence-corrected chi connectivity index (χ0v) is 12.8. The second-order valence-electron chi connectivity index (χ2n) is 7.80. The summed E-state index contributed by atoms with van der Waals surface area (Å²) in [7, 11) is 0. The molecule has 3 rings (SSSR count). The maximum atomic E-state index is 11.4. The maximum Gasteiger partial charge on any atom is 0.0796 e. The zero-order valence-electron chi connectivity index (χ0n) is 12.8. The molecular weight excluding hydrogens is 246 g/mol. The fourth-order valence-corrected chi connectivity index (χ4v) is 4.23. The standard InChI is InChI=1S/C18H27NO/c1-16(2)7-9-17(13-19,10-8-16)18(20)11-14-5-3-4-6-15(14)12-18/h3-6,20H,7-13,19H2,1-2H3. The van der Waals surface area contributed by atoms with E-state index in [1.165, 1.54) is 24.0 Å². The summed E-state index contributed by atoms with van der Waals surface area (Å²) in [5.74, 6) is 0. The lowest BCUT2D eigenvalue weighted by molar-refractivity contribution is -0.105. The van der Waals surface area contributed by atoms with Gasteiger partial charge in [-0.05, 0) is 42.2 Å². The molecule has 0 radical (unpaired) electrons. The first kappa shape index (κ1) is 14.1. The first-order valence-electron chi connectivity index (χ1n) is 7.89. The van der Waals surface area contributed by atoms with Crippen LogP contribution in [0.1, 0.15) is 50.7 Å². The van der Waals surface area contributed by atoms with Gasteiger partial charge in [-0.1, -0.05) is 38.1 Å². The SMILES string of the molecule is CC1(C)CCC(CN)(C2(O)Cc3ccccc3C2)CC1. The Hall–Kier alpha value is -0.860. The smallest absolute Gasteiger partial charge is 0.0796 e. The molecule has 0 aliphatic heterocycles. The van der Waals surface area contributed by atoms with Crippen LogP contribution in [0.15, 0.2) is 24.3 Å². The Kier molecular flexibility index (Phi) is 3.22. The fourth-order valence-electron chi connectivity index (χ4n) is 4.23. The van der Waals surface area contributed by atoms with Gasteiger partial charge in [0.25, 0.3) is 0 Å². The molecule has 0 heterocycles. The van der Waals surface area contributed by atoms with E-state index in [2.05, 4.69) is 38.1 Å². The minimum atomic E-state index is -0.637. The van der Waals surface area contributed by atoms with Crippen molar-refractivity contribution in [3.05, 3.63) is 35.4 Å². The molecule has 2 heteroatoms. The first-order chi connectivity index (χ1) is 9.40. The third-order valence-corrected chi connectivity index (χ3v) is 6.02. The highest BCUT2D eigenvalue weighted by Gasteiger charge is 2.54. The molecule has 2 aliphatic carbocycles. The molecule has 0 unspecified atom stereocenters. The van der Waals surface area contributed by atoms with Gasteiger partial charge >= 0.3 is 0 Å². The fraction of sp³-hybridized carbons (Fsp3) is 0.667. The third kappa shape index (κ3) is 2.10. The molecule has 20 heavy (non-hydrogen) atoms. The Morgan fingerprint density at radius 1 is 1.00 bits per heavy atom. The number of hydrogen-bond acceptors (Lipinski definition) is 2. The van der Waals surface area contributed by atoms with E-state index in [-0.39, 0.29) is 5.41 Å². The van der Waals surface area contributed by atoms with Gasteiger partial charge in [-0.25, -0.2) is 0 Å². The van der Waals surface area contributed by atoms with Crippen LogP contribution in [-0.2, 0) is 12.8 Å². The van der Waals surface area contributed by atoms with Gasteiger partial charge in [-0.3, -0.25) is 0 Å². The van der Waals surface area contributed by atoms with Crippen molar-refractivity contribution in [2.24, 2.45) is 16.6 Å². The average molecular weight is 273 g/mol. The van der Waals surface area contributed by atoms with Crippen LogP contribution >= 0.6 is 0 Å². The summed E-state index contributed by atoms with van der Waals surface area (Å²) >= 11 is 0. The maximum absolute atomic E-state index is 11.4. The van der Waals surface area contributed by atoms with Gasteiger partial charge in [0, 0.05) is 24.8 Å². The minimum Gasteiger partial charge on any atom is -0.389 e. The van der Waals surface area contributed by atoms with Crippen molar-refractivity contribution >= 4 is 0 Å². The molecule has 0 saturated heterocycles. The summed E-state index contributed by atoms with van der Waals surface area (Å²) in [6.45, 7) is 5.27. The van der Waals surface area contributed by atoms with Crippen molar-refractivity contribution in [3.63, 3.8) is 0 Å². The van der Waals surface area contributed by atoms with Gasteiger partial charge in [0.05, 0.1) is 5.60 Å². The van der Waals surface area contributed by atoms with Crippen molar-refractivity contribution in [3.8, 4) is 0 Å². The highest BCUT2D eigenvalue weighted by atomic mass is 16.3. The number of rotatable bonds is 2. The van der Waals surface area contributed by atoms with E-state index in [1.807, 2.05) is 0 Å². The normalized spacial score (nSPS) is 26.2. The Morgan fingerprint density at radius 2 is 1.50 bits per heavy atom. The van der Waals surface area contributed by atoms with Gasteiger partial charge in [0.2, 0.25) is 0 Å². The van der Waals surface area contributed by atoms with Crippen molar-refractivity contribution in [1.82, 2.24) is 0 Å². The van der Waals surface area contributed by atoms with Crippen molar-refractivity contribution < 1.29 is 5.11 Å². The summed E-state index contributed by atoms with van der Waals surface area (Å²) in [6.07, 6.45) is 6.01. The number of aliphatic hydroxyl groups is 1. The van der Waals surface area contributed by atoms with Crippen LogP contribution in [0.5, 0.6) is 0 Å². The van der Waals surface area contributed by atoms with E-state index in [4.69, 9.17) is 5.73 Å². The zero-order chi connectivity index (χ0) is 14.4. The van der Waals surface area contributed by atoms with E-state index in [0.29, 0.717) is 12.0 Å². The molecule has 2 aliphatic rings. The second-order valence-corrected chi connectivity index (χ2v) is 7.80. The Bertz CT molecular complexity index is 471. The number of hydrogen-bond donors (Lipinski definition) is 2. The first-order valence-corrected chi connectivity index (χ1v) is 7.89. The van der Waals surface area contributed by atoms with E-state index in [1.54, 1.807) is 0 Å². The molecular formula is C18H27NO. The quantitative estimate of drug-likeness (QED) is 0.870. The van der Waals surface area contributed by atoms with E-state index in [9.17, 15) is 5.11 Å². The summed E-state index contributed by atoms with van der Waals surface area (Å²) in [5.41, 5.74) is 8.46. The largest absolute Gasteiger partial charge is 0.389 e. The van der Waals surface area contributed by atoms with Crippen molar-refractivity contribution in [2.75, 3.05) is 6.54 Å². The van der Waals surface area contributed by atoms with Crippen LogP contribution in [0, 0.1) is 10.8 Å². The average Bonchev–Trinajstić information content (AvgIpc) is 2.77. The molecule has 1 aromatic rings. The number of benzene rings is 1. The molecule has 110 valence electrons. The summed E-state index contributed by atoms with van der Waals surface area (Å²) in [5, 5.41) is 11.4. The molecule has 0 amide bonds. The Labute approximate surface area is 122 Å². The lowest BCUT2D eigenvalue weighted by Crippen LogP contribution is -2.55. The predicted molar refractivity (Wildman–Crippen MR) is 82.5 cm³/mol. The molecule has 3 N–H and O–H groups in total.